The van der Waals surface area contributed by atoms with Gasteiger partial charge in [0.15, 0.2) is 0 Å². The smallest absolute Gasteiger partial charge is 0.329 e. The molecule has 12 heavy (non-hydrogen) atoms. The zero-order valence-electron chi connectivity index (χ0n) is 7.13. The highest BCUT2D eigenvalue weighted by atomic mass is 16.5. The molecule has 68 valence electrons. The minimum absolute atomic E-state index is 0.204. The van der Waals surface area contributed by atoms with Gasteiger partial charge in [0.2, 0.25) is 5.91 Å². The molecule has 1 fully saturated rings. The van der Waals surface area contributed by atoms with Crippen LogP contribution in [0.5, 0.6) is 0 Å². The molecule has 1 aliphatic heterocycles. The van der Waals surface area contributed by atoms with E-state index in [-0.39, 0.29) is 5.91 Å². The third-order valence-corrected chi connectivity index (χ3v) is 1.27. The average Bonchev–Trinajstić information content (AvgIpc) is 2.55. The fourth-order valence-electron chi connectivity index (χ4n) is 0.648. The molecule has 0 aromatic rings. The summed E-state index contributed by atoms with van der Waals surface area (Å²) in [6, 6.07) is 0. The molecule has 1 heterocycles. The van der Waals surface area contributed by atoms with E-state index in [1.54, 1.807) is 0 Å². The van der Waals surface area contributed by atoms with Crippen molar-refractivity contribution in [2.24, 2.45) is 0 Å². The standard InChI is InChI=1S/C4H7NO.C4H6O2/c6-4-2-1-3-5-4;1-3-4(5)6-2/h1-3H2,(H,5,6);3H,1H2,2H3. The Morgan fingerprint density at radius 1 is 1.75 bits per heavy atom. The van der Waals surface area contributed by atoms with Crippen LogP contribution >= 0.6 is 0 Å². The van der Waals surface area contributed by atoms with Gasteiger partial charge in [0.05, 0.1) is 7.11 Å². The van der Waals surface area contributed by atoms with Gasteiger partial charge >= 0.3 is 5.97 Å². The quantitative estimate of drug-likeness (QED) is 0.454. The van der Waals surface area contributed by atoms with E-state index in [1.165, 1.54) is 7.11 Å². The Morgan fingerprint density at radius 2 is 2.42 bits per heavy atom. The predicted molar refractivity (Wildman–Crippen MR) is 44.5 cm³/mol. The lowest BCUT2D eigenvalue weighted by molar-refractivity contribution is -0.134. The zero-order valence-corrected chi connectivity index (χ0v) is 7.13. The van der Waals surface area contributed by atoms with Crippen LogP contribution in [0.1, 0.15) is 12.8 Å². The maximum Gasteiger partial charge on any atom is 0.329 e. The van der Waals surface area contributed by atoms with Crippen molar-refractivity contribution in [1.82, 2.24) is 5.32 Å². The van der Waals surface area contributed by atoms with Crippen LogP contribution in [0.4, 0.5) is 0 Å². The maximum atomic E-state index is 10.1. The first-order valence-electron chi connectivity index (χ1n) is 3.67. The van der Waals surface area contributed by atoms with E-state index in [4.69, 9.17) is 0 Å². The fraction of sp³-hybridized carbons (Fsp3) is 0.500. The van der Waals surface area contributed by atoms with Gasteiger partial charge in [-0.1, -0.05) is 6.58 Å². The molecule has 1 amide bonds. The number of nitrogens with one attached hydrogen (secondary N) is 1. The van der Waals surface area contributed by atoms with Crippen LogP contribution in [-0.4, -0.2) is 25.5 Å². The summed E-state index contributed by atoms with van der Waals surface area (Å²) < 4.78 is 4.14. The van der Waals surface area contributed by atoms with Crippen molar-refractivity contribution >= 4 is 11.9 Å². The van der Waals surface area contributed by atoms with Gasteiger partial charge in [0, 0.05) is 19.0 Å². The second-order valence-corrected chi connectivity index (χ2v) is 2.18. The molecule has 1 rings (SSSR count). The van der Waals surface area contributed by atoms with E-state index >= 15 is 0 Å². The Balaban J connectivity index is 0.000000202. The van der Waals surface area contributed by atoms with E-state index < -0.39 is 5.97 Å². The first-order chi connectivity index (χ1) is 5.70. The van der Waals surface area contributed by atoms with Crippen LogP contribution in [0.25, 0.3) is 0 Å². The highest BCUT2D eigenvalue weighted by Gasteiger charge is 2.05. The number of carbonyl (C=O) groups excluding carboxylic acids is 2. The normalized spacial score (nSPS) is 13.9. The molecule has 0 aromatic carbocycles. The van der Waals surface area contributed by atoms with E-state index in [1.807, 2.05) is 0 Å². The number of esters is 1. The Kier molecular flexibility index (Phi) is 5.69. The molecule has 0 radical (unpaired) electrons. The van der Waals surface area contributed by atoms with Crippen molar-refractivity contribution in [1.29, 1.82) is 0 Å². The van der Waals surface area contributed by atoms with Gasteiger partial charge in [-0.3, -0.25) is 4.79 Å². The second-order valence-electron chi connectivity index (χ2n) is 2.18. The topological polar surface area (TPSA) is 55.4 Å². The summed E-state index contributed by atoms with van der Waals surface area (Å²) in [5.41, 5.74) is 0. The van der Waals surface area contributed by atoms with Crippen molar-refractivity contribution in [2.45, 2.75) is 12.8 Å². The van der Waals surface area contributed by atoms with E-state index in [0.29, 0.717) is 0 Å². The van der Waals surface area contributed by atoms with Crippen molar-refractivity contribution in [3.63, 3.8) is 0 Å². The summed E-state index contributed by atoms with van der Waals surface area (Å²) >= 11 is 0. The average molecular weight is 171 g/mol. The zero-order chi connectivity index (χ0) is 9.40. The number of rotatable bonds is 1. The van der Waals surface area contributed by atoms with Crippen LogP contribution in [0, 0.1) is 0 Å². The number of methoxy groups -OCH3 is 1. The van der Waals surface area contributed by atoms with Gasteiger partial charge in [-0.15, -0.1) is 0 Å². The largest absolute Gasteiger partial charge is 0.466 e. The van der Waals surface area contributed by atoms with Crippen LogP contribution in [-0.2, 0) is 14.3 Å². The highest BCUT2D eigenvalue weighted by Crippen LogP contribution is 1.93. The maximum absolute atomic E-state index is 10.1. The van der Waals surface area contributed by atoms with Gasteiger partial charge in [-0.25, -0.2) is 4.79 Å². The van der Waals surface area contributed by atoms with Gasteiger partial charge in [-0.2, -0.15) is 0 Å². The molecule has 0 bridgehead atoms. The first kappa shape index (κ1) is 10.7. The third-order valence-electron chi connectivity index (χ3n) is 1.27. The lowest BCUT2D eigenvalue weighted by Crippen LogP contribution is -2.12. The number of amides is 1. The Labute approximate surface area is 71.6 Å². The molecule has 1 N–H and O–H groups in total. The molecule has 0 saturated carbocycles. The SMILES string of the molecule is C=CC(=O)OC.O=C1CCCN1. The van der Waals surface area contributed by atoms with Crippen LogP contribution in [0.2, 0.25) is 0 Å². The Bertz CT molecular complexity index is 169. The number of hydrogen-bond acceptors (Lipinski definition) is 3. The summed E-state index contributed by atoms with van der Waals surface area (Å²) in [5.74, 6) is -0.190. The third kappa shape index (κ3) is 5.46. The monoisotopic (exact) mass is 171 g/mol. The van der Waals surface area contributed by atoms with Crippen LogP contribution in [0.15, 0.2) is 12.7 Å². The number of ether oxygens (including phenoxy) is 1. The summed E-state index contributed by atoms with van der Waals surface area (Å²) in [5, 5.41) is 2.68. The Hall–Kier alpha value is -1.32. The lowest BCUT2D eigenvalue weighted by Gasteiger charge is -1.83. The number of carbonyl (C=O) groups is 2. The molecular weight excluding hydrogens is 158 g/mol. The molecule has 0 atom stereocenters. The van der Waals surface area contributed by atoms with Crippen LogP contribution < -0.4 is 5.32 Å². The van der Waals surface area contributed by atoms with Gasteiger partial charge in [0.1, 0.15) is 0 Å². The van der Waals surface area contributed by atoms with Crippen molar-refractivity contribution < 1.29 is 14.3 Å². The van der Waals surface area contributed by atoms with Gasteiger partial charge < -0.3 is 10.1 Å². The molecule has 0 unspecified atom stereocenters. The molecule has 0 aromatic heterocycles. The lowest BCUT2D eigenvalue weighted by atomic mass is 10.4. The molecule has 4 heteroatoms. The van der Waals surface area contributed by atoms with Gasteiger partial charge in [-0.05, 0) is 6.42 Å². The first-order valence-corrected chi connectivity index (χ1v) is 3.67. The van der Waals surface area contributed by atoms with Crippen molar-refractivity contribution in [3.05, 3.63) is 12.7 Å². The fourth-order valence-corrected chi connectivity index (χ4v) is 0.648. The van der Waals surface area contributed by atoms with E-state index in [0.717, 1.165) is 25.5 Å². The minimum Gasteiger partial charge on any atom is -0.466 e. The predicted octanol–water partition coefficient (Wildman–Crippen LogP) is 0.242. The molecule has 1 aliphatic rings. The molecule has 4 nitrogen and oxygen atoms in total. The van der Waals surface area contributed by atoms with Crippen LogP contribution in [0.3, 0.4) is 0 Å². The van der Waals surface area contributed by atoms with Crippen molar-refractivity contribution in [2.75, 3.05) is 13.7 Å². The summed E-state index contributed by atoms with van der Waals surface area (Å²) in [6.07, 6.45) is 2.87. The summed E-state index contributed by atoms with van der Waals surface area (Å²) in [4.78, 5) is 20.0. The van der Waals surface area contributed by atoms with E-state index in [9.17, 15) is 9.59 Å². The number of hydrogen-bond donors (Lipinski definition) is 1. The molecule has 0 aliphatic carbocycles. The van der Waals surface area contributed by atoms with Crippen molar-refractivity contribution in [3.8, 4) is 0 Å². The molecule has 1 saturated heterocycles. The Morgan fingerprint density at radius 3 is 2.50 bits per heavy atom. The second kappa shape index (κ2) is 6.39. The van der Waals surface area contributed by atoms with Gasteiger partial charge in [0.25, 0.3) is 0 Å². The molecular formula is C8H13NO3. The minimum atomic E-state index is -0.394. The molecule has 0 spiro atoms. The highest BCUT2D eigenvalue weighted by molar-refractivity contribution is 5.80. The van der Waals surface area contributed by atoms with E-state index in [2.05, 4.69) is 16.6 Å². The summed E-state index contributed by atoms with van der Waals surface area (Å²) in [6.45, 7) is 4.04. The summed E-state index contributed by atoms with van der Waals surface area (Å²) in [7, 11) is 1.31.